The lowest BCUT2D eigenvalue weighted by Crippen LogP contribution is -2.40. The Morgan fingerprint density at radius 1 is 1.23 bits per heavy atom. The summed E-state index contributed by atoms with van der Waals surface area (Å²) in [5.74, 6) is 2.12. The zero-order chi connectivity index (χ0) is 18.8. The number of rotatable bonds is 9. The molecule has 2 unspecified atom stereocenters. The molecular formula is C19H27N3O3S. The van der Waals surface area contributed by atoms with Crippen LogP contribution in [0.1, 0.15) is 25.2 Å². The van der Waals surface area contributed by atoms with Crippen LogP contribution >= 0.6 is 0 Å². The summed E-state index contributed by atoms with van der Waals surface area (Å²) in [5, 5.41) is 16.7. The Hall–Kier alpha value is -2.12. The van der Waals surface area contributed by atoms with E-state index in [0.29, 0.717) is 36.3 Å². The van der Waals surface area contributed by atoms with Crippen LogP contribution in [0.4, 0.5) is 0 Å². The zero-order valence-electron chi connectivity index (χ0n) is 15.3. The number of benzene rings is 1. The van der Waals surface area contributed by atoms with Crippen LogP contribution in [-0.2, 0) is 22.2 Å². The zero-order valence-corrected chi connectivity index (χ0v) is 16.1. The second-order valence-corrected chi connectivity index (χ2v) is 7.72. The average molecular weight is 378 g/mol. The molecule has 0 amide bonds. The van der Waals surface area contributed by atoms with Crippen LogP contribution in [0.15, 0.2) is 58.1 Å². The van der Waals surface area contributed by atoms with E-state index >= 15 is 0 Å². The molecule has 3 N–H and O–H groups in total. The fraction of sp³-hybridized carbons (Fsp3) is 0.421. The Balaban J connectivity index is 1.82. The van der Waals surface area contributed by atoms with Gasteiger partial charge in [0.05, 0.1) is 12.8 Å². The third-order valence-electron chi connectivity index (χ3n) is 3.73. The molecule has 0 aliphatic rings. The summed E-state index contributed by atoms with van der Waals surface area (Å²) < 4.78 is 17.4. The second kappa shape index (κ2) is 10.1. The first kappa shape index (κ1) is 20.2. The fourth-order valence-electron chi connectivity index (χ4n) is 2.35. The van der Waals surface area contributed by atoms with E-state index in [-0.39, 0.29) is 6.54 Å². The van der Waals surface area contributed by atoms with Crippen molar-refractivity contribution in [2.75, 3.05) is 25.4 Å². The molecule has 1 aromatic heterocycles. The Morgan fingerprint density at radius 2 is 2.00 bits per heavy atom. The number of nitrogens with one attached hydrogen (secondary N) is 2. The smallest absolute Gasteiger partial charge is 0.191 e. The molecule has 0 fully saturated rings. The monoisotopic (exact) mass is 377 g/mol. The van der Waals surface area contributed by atoms with Gasteiger partial charge in [0, 0.05) is 35.4 Å². The van der Waals surface area contributed by atoms with Gasteiger partial charge in [0.1, 0.15) is 11.4 Å². The summed E-state index contributed by atoms with van der Waals surface area (Å²) in [4.78, 5) is 4.41. The van der Waals surface area contributed by atoms with Crippen LogP contribution in [0.25, 0.3) is 0 Å². The molecule has 2 rings (SSSR count). The van der Waals surface area contributed by atoms with Crippen LogP contribution in [0.2, 0.25) is 0 Å². The summed E-state index contributed by atoms with van der Waals surface area (Å²) in [6.07, 6.45) is 1.53. The minimum Gasteiger partial charge on any atom is -0.466 e. The standard InChI is InChI=1S/C19H27N3O3S/c1-3-20-18(22-15-19(2,23)17-10-7-12-25-17)21-11-13-26(24)14-16-8-5-4-6-9-16/h4-10,12,23H,3,11,13-15H2,1-2H3,(H2,20,21,22). The highest BCUT2D eigenvalue weighted by Crippen LogP contribution is 2.20. The first-order valence-corrected chi connectivity index (χ1v) is 10.2. The van der Waals surface area contributed by atoms with E-state index in [9.17, 15) is 9.32 Å². The van der Waals surface area contributed by atoms with Gasteiger partial charge < -0.3 is 20.2 Å². The SMILES string of the molecule is CCNC(=NCC(C)(O)c1ccco1)NCCS(=O)Cc1ccccc1. The number of hydrogen-bond acceptors (Lipinski definition) is 4. The highest BCUT2D eigenvalue weighted by molar-refractivity contribution is 7.84. The van der Waals surface area contributed by atoms with Crippen molar-refractivity contribution in [1.82, 2.24) is 10.6 Å². The van der Waals surface area contributed by atoms with Crippen LogP contribution in [0, 0.1) is 0 Å². The van der Waals surface area contributed by atoms with Gasteiger partial charge >= 0.3 is 0 Å². The lowest BCUT2D eigenvalue weighted by atomic mass is 10.0. The number of nitrogens with zero attached hydrogens (tertiary/aromatic N) is 1. The fourth-order valence-corrected chi connectivity index (χ4v) is 3.39. The average Bonchev–Trinajstić information content (AvgIpc) is 3.16. The van der Waals surface area contributed by atoms with Crippen LogP contribution in [0.3, 0.4) is 0 Å². The Labute approximate surface area is 157 Å². The molecule has 142 valence electrons. The highest BCUT2D eigenvalue weighted by Gasteiger charge is 2.26. The molecule has 0 bridgehead atoms. The van der Waals surface area contributed by atoms with Gasteiger partial charge in [-0.1, -0.05) is 30.3 Å². The number of aliphatic imine (C=N–C) groups is 1. The summed E-state index contributed by atoms with van der Waals surface area (Å²) in [6.45, 7) is 5.02. The van der Waals surface area contributed by atoms with Crippen molar-refractivity contribution >= 4 is 16.8 Å². The van der Waals surface area contributed by atoms with Gasteiger partial charge in [0.25, 0.3) is 0 Å². The largest absolute Gasteiger partial charge is 0.466 e. The van der Waals surface area contributed by atoms with Gasteiger partial charge in [0.2, 0.25) is 0 Å². The lowest BCUT2D eigenvalue weighted by Gasteiger charge is -2.19. The van der Waals surface area contributed by atoms with Crippen LogP contribution in [0.5, 0.6) is 0 Å². The van der Waals surface area contributed by atoms with Gasteiger partial charge in [-0.3, -0.25) is 4.21 Å². The van der Waals surface area contributed by atoms with Gasteiger partial charge in [0.15, 0.2) is 5.96 Å². The normalized spacial score (nSPS) is 15.3. The topological polar surface area (TPSA) is 86.9 Å². The number of hydrogen-bond donors (Lipinski definition) is 3. The van der Waals surface area contributed by atoms with Crippen molar-refractivity contribution in [2.45, 2.75) is 25.2 Å². The quantitative estimate of drug-likeness (QED) is 0.460. The molecule has 1 heterocycles. The third-order valence-corrected chi connectivity index (χ3v) is 5.05. The first-order valence-electron chi connectivity index (χ1n) is 8.68. The van der Waals surface area contributed by atoms with Gasteiger partial charge in [-0.25, -0.2) is 4.99 Å². The van der Waals surface area contributed by atoms with Crippen LogP contribution < -0.4 is 10.6 Å². The third kappa shape index (κ3) is 6.65. The van der Waals surface area contributed by atoms with Crippen molar-refractivity contribution in [3.05, 3.63) is 60.1 Å². The predicted molar refractivity (Wildman–Crippen MR) is 105 cm³/mol. The molecule has 0 radical (unpaired) electrons. The number of guanidine groups is 1. The van der Waals surface area contributed by atoms with Gasteiger partial charge in [-0.15, -0.1) is 0 Å². The predicted octanol–water partition coefficient (Wildman–Crippen LogP) is 1.99. The maximum absolute atomic E-state index is 12.2. The second-order valence-electron chi connectivity index (χ2n) is 6.15. The summed E-state index contributed by atoms with van der Waals surface area (Å²) >= 11 is 0. The Morgan fingerprint density at radius 3 is 2.65 bits per heavy atom. The van der Waals surface area contributed by atoms with E-state index in [1.807, 2.05) is 37.3 Å². The molecular weight excluding hydrogens is 350 g/mol. The van der Waals surface area contributed by atoms with Crippen molar-refractivity contribution < 1.29 is 13.7 Å². The lowest BCUT2D eigenvalue weighted by molar-refractivity contribution is 0.0437. The maximum Gasteiger partial charge on any atom is 0.191 e. The van der Waals surface area contributed by atoms with E-state index in [2.05, 4.69) is 15.6 Å². The molecule has 0 spiro atoms. The van der Waals surface area contributed by atoms with Gasteiger partial charge in [-0.05, 0) is 31.5 Å². The van der Waals surface area contributed by atoms with Crippen molar-refractivity contribution in [3.8, 4) is 0 Å². The summed E-state index contributed by atoms with van der Waals surface area (Å²) in [7, 11) is -0.946. The molecule has 0 saturated carbocycles. The van der Waals surface area contributed by atoms with E-state index in [1.54, 1.807) is 19.1 Å². The first-order chi connectivity index (χ1) is 12.5. The molecule has 2 aromatic rings. The van der Waals surface area contributed by atoms with E-state index < -0.39 is 16.4 Å². The molecule has 26 heavy (non-hydrogen) atoms. The Bertz CT molecular complexity index is 700. The molecule has 0 aliphatic heterocycles. The number of aliphatic hydroxyl groups is 1. The molecule has 0 saturated heterocycles. The minimum absolute atomic E-state index is 0.156. The molecule has 2 atom stereocenters. The van der Waals surface area contributed by atoms with Gasteiger partial charge in [-0.2, -0.15) is 0 Å². The van der Waals surface area contributed by atoms with Crippen LogP contribution in [-0.4, -0.2) is 40.7 Å². The van der Waals surface area contributed by atoms with E-state index in [0.717, 1.165) is 5.56 Å². The van der Waals surface area contributed by atoms with E-state index in [1.165, 1.54) is 6.26 Å². The summed E-state index contributed by atoms with van der Waals surface area (Å²) in [6, 6.07) is 13.3. The minimum atomic E-state index is -1.18. The van der Waals surface area contributed by atoms with Crippen molar-refractivity contribution in [1.29, 1.82) is 0 Å². The van der Waals surface area contributed by atoms with Crippen molar-refractivity contribution in [2.24, 2.45) is 4.99 Å². The molecule has 6 nitrogen and oxygen atoms in total. The molecule has 7 heteroatoms. The number of furan rings is 1. The Kier molecular flexibility index (Phi) is 7.87. The van der Waals surface area contributed by atoms with E-state index in [4.69, 9.17) is 4.42 Å². The molecule has 1 aromatic carbocycles. The highest BCUT2D eigenvalue weighted by atomic mass is 32.2. The summed E-state index contributed by atoms with van der Waals surface area (Å²) in [5.41, 5.74) is -0.108. The molecule has 0 aliphatic carbocycles. The maximum atomic E-state index is 12.2. The van der Waals surface area contributed by atoms with Crippen molar-refractivity contribution in [3.63, 3.8) is 0 Å².